The molecule has 0 amide bonds. The average molecular weight is 510 g/mol. The van der Waals surface area contributed by atoms with E-state index in [-0.39, 0.29) is 17.3 Å². The van der Waals surface area contributed by atoms with E-state index in [0.717, 1.165) is 0 Å². The maximum Gasteiger partial charge on any atom is 0.180 e. The summed E-state index contributed by atoms with van der Waals surface area (Å²) in [5.74, 6) is -1.21. The van der Waals surface area contributed by atoms with Gasteiger partial charge in [-0.15, -0.1) is 0 Å². The van der Waals surface area contributed by atoms with Gasteiger partial charge in [0.2, 0.25) is 0 Å². The molecule has 3 aliphatic rings. The number of nitrogens with zero attached hydrogens (tertiary/aromatic N) is 1. The minimum absolute atomic E-state index is 0.0951. The Bertz CT molecular complexity index is 1500. The first-order valence-corrected chi connectivity index (χ1v) is 12.7. The minimum atomic E-state index is -1.56. The Hall–Kier alpha value is -4.06. The van der Waals surface area contributed by atoms with Crippen LogP contribution in [-0.4, -0.2) is 36.5 Å². The van der Waals surface area contributed by atoms with Crippen molar-refractivity contribution >= 4 is 29.1 Å². The van der Waals surface area contributed by atoms with Gasteiger partial charge in [0.1, 0.15) is 17.0 Å². The molecule has 1 saturated heterocycles. The fraction of sp³-hybridized carbons (Fsp3) is 0.281. The molecule has 2 heterocycles. The number of rotatable bonds is 3. The maximum absolute atomic E-state index is 14.5. The zero-order valence-corrected chi connectivity index (χ0v) is 21.7. The van der Waals surface area contributed by atoms with Crippen LogP contribution in [-0.2, 0) is 4.79 Å². The lowest BCUT2D eigenvalue weighted by Crippen LogP contribution is -2.49. The van der Waals surface area contributed by atoms with Gasteiger partial charge in [0.15, 0.2) is 17.3 Å². The predicted octanol–water partition coefficient (Wildman–Crippen LogP) is 5.88. The van der Waals surface area contributed by atoms with Crippen LogP contribution >= 0.6 is 0 Å². The standard InChI is InChI=1S/C32H28FNO4/c1-31(2,3)30(37)27-26(18-9-13-21(38-4)14-10-18)32(28(35)22-7-5-6-8-23(22)29(32)36)25-16-11-19-17-20(33)12-15-24(19)34(25)27/h5-17,25-27H,1-4H3/t25-,26-,27+/m1/s1. The van der Waals surface area contributed by atoms with Gasteiger partial charge in [-0.05, 0) is 35.9 Å². The van der Waals surface area contributed by atoms with E-state index >= 15 is 0 Å². The van der Waals surface area contributed by atoms with Crippen molar-refractivity contribution in [2.45, 2.75) is 38.8 Å². The molecule has 0 unspecified atom stereocenters. The highest BCUT2D eigenvalue weighted by molar-refractivity contribution is 6.32. The number of Topliss-reactive ketones (excluding diaryl/α,β-unsaturated/α-hetero) is 3. The molecule has 0 radical (unpaired) electrons. The first kappa shape index (κ1) is 24.3. The molecule has 6 heteroatoms. The summed E-state index contributed by atoms with van der Waals surface area (Å²) in [4.78, 5) is 45.2. The highest BCUT2D eigenvalue weighted by Gasteiger charge is 2.71. The van der Waals surface area contributed by atoms with Crippen molar-refractivity contribution in [3.8, 4) is 5.75 Å². The van der Waals surface area contributed by atoms with Gasteiger partial charge in [-0.1, -0.05) is 69.3 Å². The van der Waals surface area contributed by atoms with Crippen molar-refractivity contribution in [3.63, 3.8) is 0 Å². The van der Waals surface area contributed by atoms with Crippen molar-refractivity contribution in [2.24, 2.45) is 10.8 Å². The molecule has 0 bridgehead atoms. The summed E-state index contributed by atoms with van der Waals surface area (Å²) in [5, 5.41) is 0. The quantitative estimate of drug-likeness (QED) is 0.413. The van der Waals surface area contributed by atoms with Crippen LogP contribution in [0.15, 0.2) is 72.8 Å². The first-order valence-electron chi connectivity index (χ1n) is 12.7. The van der Waals surface area contributed by atoms with Crippen LogP contribution in [0, 0.1) is 16.6 Å². The van der Waals surface area contributed by atoms with E-state index in [1.807, 2.05) is 37.8 Å². The lowest BCUT2D eigenvalue weighted by molar-refractivity contribution is -0.127. The highest BCUT2D eigenvalue weighted by Crippen LogP contribution is 2.61. The maximum atomic E-state index is 14.5. The summed E-state index contributed by atoms with van der Waals surface area (Å²) in [7, 11) is 1.57. The molecular formula is C32H28FNO4. The number of hydrogen-bond acceptors (Lipinski definition) is 5. The van der Waals surface area contributed by atoms with Gasteiger partial charge in [-0.25, -0.2) is 4.39 Å². The van der Waals surface area contributed by atoms with Crippen LogP contribution in [0.25, 0.3) is 6.08 Å². The van der Waals surface area contributed by atoms with E-state index in [0.29, 0.717) is 33.7 Å². The zero-order valence-electron chi connectivity index (χ0n) is 21.7. The number of anilines is 1. The Balaban J connectivity index is 1.69. The van der Waals surface area contributed by atoms with E-state index in [1.54, 1.807) is 61.7 Å². The molecule has 0 aromatic heterocycles. The van der Waals surface area contributed by atoms with Crippen molar-refractivity contribution in [3.05, 3.63) is 101 Å². The summed E-state index contributed by atoms with van der Waals surface area (Å²) in [5.41, 5.74) is 0.351. The molecule has 0 saturated carbocycles. The number of hydrogen-bond donors (Lipinski definition) is 0. The van der Waals surface area contributed by atoms with Gasteiger partial charge in [0, 0.05) is 33.7 Å². The molecule has 0 N–H and O–H groups in total. The van der Waals surface area contributed by atoms with E-state index in [2.05, 4.69) is 0 Å². The SMILES string of the molecule is COc1ccc([C@@H]2[C@@H](C(=O)C(C)(C)C)N3c4ccc(F)cc4C=C[C@@H]3C23C(=O)c2ccccc2C3=O)cc1. The number of fused-ring (bicyclic) bond motifs is 5. The first-order chi connectivity index (χ1) is 18.1. The Morgan fingerprint density at radius 3 is 2.16 bits per heavy atom. The fourth-order valence-electron chi connectivity index (χ4n) is 6.58. The number of carbonyl (C=O) groups is 3. The zero-order chi connectivity index (χ0) is 27.0. The fourth-order valence-corrected chi connectivity index (χ4v) is 6.58. The molecule has 3 aromatic carbocycles. The predicted molar refractivity (Wildman–Crippen MR) is 143 cm³/mol. The van der Waals surface area contributed by atoms with Crippen LogP contribution in [0.3, 0.4) is 0 Å². The Labute approximate surface area is 220 Å². The second-order valence-corrected chi connectivity index (χ2v) is 11.3. The Morgan fingerprint density at radius 1 is 0.947 bits per heavy atom. The molecule has 3 atom stereocenters. The summed E-state index contributed by atoms with van der Waals surface area (Å²) in [6.45, 7) is 5.54. The largest absolute Gasteiger partial charge is 0.497 e. The van der Waals surface area contributed by atoms with Crippen LogP contribution in [0.4, 0.5) is 10.1 Å². The van der Waals surface area contributed by atoms with Crippen molar-refractivity contribution < 1.29 is 23.5 Å². The van der Waals surface area contributed by atoms with Crippen molar-refractivity contribution in [2.75, 3.05) is 12.0 Å². The van der Waals surface area contributed by atoms with Crippen molar-refractivity contribution in [1.29, 1.82) is 0 Å². The van der Waals surface area contributed by atoms with E-state index in [4.69, 9.17) is 4.74 Å². The number of carbonyl (C=O) groups excluding carboxylic acids is 3. The third kappa shape index (κ3) is 3.12. The Kier molecular flexibility index (Phi) is 5.25. The third-order valence-electron chi connectivity index (χ3n) is 8.25. The molecule has 2 aliphatic heterocycles. The molecule has 3 aromatic rings. The topological polar surface area (TPSA) is 63.7 Å². The second kappa shape index (κ2) is 8.22. The molecule has 38 heavy (non-hydrogen) atoms. The lowest BCUT2D eigenvalue weighted by Gasteiger charge is -2.38. The van der Waals surface area contributed by atoms with Crippen LogP contribution in [0.2, 0.25) is 0 Å². The lowest BCUT2D eigenvalue weighted by atomic mass is 9.63. The molecule has 1 fully saturated rings. The van der Waals surface area contributed by atoms with Crippen LogP contribution < -0.4 is 9.64 Å². The van der Waals surface area contributed by atoms with Crippen LogP contribution in [0.5, 0.6) is 5.75 Å². The highest BCUT2D eigenvalue weighted by atomic mass is 19.1. The molecule has 1 aliphatic carbocycles. The average Bonchev–Trinajstić information content (AvgIpc) is 3.33. The Morgan fingerprint density at radius 2 is 1.58 bits per heavy atom. The number of ketones is 3. The molecule has 1 spiro atoms. The second-order valence-electron chi connectivity index (χ2n) is 11.3. The van der Waals surface area contributed by atoms with Gasteiger partial charge in [0.05, 0.1) is 19.2 Å². The molecule has 6 rings (SSSR count). The smallest absolute Gasteiger partial charge is 0.180 e. The number of halogens is 1. The van der Waals surface area contributed by atoms with Gasteiger partial charge >= 0.3 is 0 Å². The van der Waals surface area contributed by atoms with Gasteiger partial charge in [-0.2, -0.15) is 0 Å². The van der Waals surface area contributed by atoms with Crippen molar-refractivity contribution in [1.82, 2.24) is 0 Å². The molecular weight excluding hydrogens is 481 g/mol. The monoisotopic (exact) mass is 509 g/mol. The van der Waals surface area contributed by atoms with Gasteiger partial charge < -0.3 is 9.64 Å². The number of methoxy groups -OCH3 is 1. The van der Waals surface area contributed by atoms with Gasteiger partial charge in [0.25, 0.3) is 0 Å². The summed E-state index contributed by atoms with van der Waals surface area (Å²) in [6.07, 6.45) is 3.57. The molecule has 5 nitrogen and oxygen atoms in total. The number of ether oxygens (including phenoxy) is 1. The van der Waals surface area contributed by atoms with Crippen LogP contribution in [0.1, 0.15) is 58.5 Å². The number of benzene rings is 3. The summed E-state index contributed by atoms with van der Waals surface area (Å²) < 4.78 is 19.6. The van der Waals surface area contributed by atoms with E-state index < -0.39 is 34.6 Å². The minimum Gasteiger partial charge on any atom is -0.497 e. The van der Waals surface area contributed by atoms with Gasteiger partial charge in [-0.3, -0.25) is 14.4 Å². The molecule has 192 valence electrons. The van der Waals surface area contributed by atoms with E-state index in [9.17, 15) is 18.8 Å². The summed E-state index contributed by atoms with van der Waals surface area (Å²) in [6, 6.07) is 17.0. The normalized spacial score (nSPS) is 22.9. The van der Waals surface area contributed by atoms with E-state index in [1.165, 1.54) is 12.1 Å². The third-order valence-corrected chi connectivity index (χ3v) is 8.25. The summed E-state index contributed by atoms with van der Waals surface area (Å²) >= 11 is 0.